The third-order valence-corrected chi connectivity index (χ3v) is 4.83. The summed E-state index contributed by atoms with van der Waals surface area (Å²) in [6.07, 6.45) is 0.597. The van der Waals surface area contributed by atoms with Crippen molar-refractivity contribution >= 4 is 17.9 Å². The molecular formula is C23H29N3O6. The SMILES string of the molecule is CC(C)(C)OC(=O)N1CCC(C(=O)NNC(=O)c2ccc(COc3ccccc3)o2)CC1. The number of likely N-dealkylation sites (tertiary alicyclic amines) is 1. The Balaban J connectivity index is 1.40. The smallest absolute Gasteiger partial charge is 0.410 e. The maximum absolute atomic E-state index is 12.4. The number of hydrazine groups is 1. The van der Waals surface area contributed by atoms with Gasteiger partial charge in [-0.15, -0.1) is 0 Å². The van der Waals surface area contributed by atoms with E-state index in [4.69, 9.17) is 13.9 Å². The number of benzene rings is 1. The number of nitrogens with one attached hydrogen (secondary N) is 2. The molecule has 172 valence electrons. The molecule has 0 bridgehead atoms. The summed E-state index contributed by atoms with van der Waals surface area (Å²) in [5, 5.41) is 0. The van der Waals surface area contributed by atoms with E-state index >= 15 is 0 Å². The van der Waals surface area contributed by atoms with Crippen molar-refractivity contribution in [3.05, 3.63) is 54.0 Å². The third-order valence-electron chi connectivity index (χ3n) is 4.83. The summed E-state index contributed by atoms with van der Waals surface area (Å²) < 4.78 is 16.4. The van der Waals surface area contributed by atoms with Crippen molar-refractivity contribution in [2.75, 3.05) is 13.1 Å². The van der Waals surface area contributed by atoms with Gasteiger partial charge < -0.3 is 18.8 Å². The minimum atomic E-state index is -0.561. The van der Waals surface area contributed by atoms with Crippen molar-refractivity contribution in [2.45, 2.75) is 45.8 Å². The van der Waals surface area contributed by atoms with Gasteiger partial charge in [0.15, 0.2) is 5.76 Å². The second kappa shape index (κ2) is 10.2. The maximum atomic E-state index is 12.4. The zero-order valence-electron chi connectivity index (χ0n) is 18.6. The van der Waals surface area contributed by atoms with Crippen molar-refractivity contribution in [1.82, 2.24) is 15.8 Å². The molecule has 1 aliphatic heterocycles. The fourth-order valence-electron chi connectivity index (χ4n) is 3.18. The molecule has 1 saturated heterocycles. The molecule has 0 aliphatic carbocycles. The number of nitrogens with zero attached hydrogens (tertiary/aromatic N) is 1. The van der Waals surface area contributed by atoms with Crippen molar-refractivity contribution in [3.8, 4) is 5.75 Å². The lowest BCUT2D eigenvalue weighted by molar-refractivity contribution is -0.127. The van der Waals surface area contributed by atoms with Crippen molar-refractivity contribution < 1.29 is 28.3 Å². The van der Waals surface area contributed by atoms with Crippen molar-refractivity contribution in [1.29, 1.82) is 0 Å². The van der Waals surface area contributed by atoms with Crippen LogP contribution in [-0.4, -0.2) is 41.5 Å². The fraction of sp³-hybridized carbons (Fsp3) is 0.435. The third kappa shape index (κ3) is 6.76. The molecule has 2 N–H and O–H groups in total. The molecule has 1 aliphatic rings. The van der Waals surface area contributed by atoms with Crippen LogP contribution in [0.5, 0.6) is 5.75 Å². The normalized spacial score (nSPS) is 14.5. The number of hydrogen-bond donors (Lipinski definition) is 2. The average molecular weight is 444 g/mol. The zero-order valence-corrected chi connectivity index (χ0v) is 18.6. The molecule has 3 rings (SSSR count). The van der Waals surface area contributed by atoms with Crippen LogP contribution in [0.25, 0.3) is 0 Å². The number of amides is 3. The lowest BCUT2D eigenvalue weighted by Gasteiger charge is -2.32. The van der Waals surface area contributed by atoms with Gasteiger partial charge in [-0.05, 0) is 57.9 Å². The summed E-state index contributed by atoms with van der Waals surface area (Å²) in [5.41, 5.74) is 4.24. The molecule has 9 nitrogen and oxygen atoms in total. The Bertz CT molecular complexity index is 927. The minimum Gasteiger partial charge on any atom is -0.486 e. The van der Waals surface area contributed by atoms with Gasteiger partial charge in [-0.1, -0.05) is 18.2 Å². The van der Waals surface area contributed by atoms with Gasteiger partial charge in [-0.3, -0.25) is 20.4 Å². The first kappa shape index (κ1) is 23.2. The maximum Gasteiger partial charge on any atom is 0.410 e. The van der Waals surface area contributed by atoms with Crippen LogP contribution in [0.4, 0.5) is 4.79 Å². The highest BCUT2D eigenvalue weighted by Gasteiger charge is 2.30. The predicted octanol–water partition coefficient (Wildman–Crippen LogP) is 3.27. The van der Waals surface area contributed by atoms with Gasteiger partial charge in [0.05, 0.1) is 0 Å². The zero-order chi connectivity index (χ0) is 23.1. The average Bonchev–Trinajstić information content (AvgIpc) is 3.25. The Morgan fingerprint density at radius 2 is 1.72 bits per heavy atom. The van der Waals surface area contributed by atoms with Gasteiger partial charge in [-0.25, -0.2) is 4.79 Å². The highest BCUT2D eigenvalue weighted by Crippen LogP contribution is 2.20. The molecule has 32 heavy (non-hydrogen) atoms. The van der Waals surface area contributed by atoms with Crippen molar-refractivity contribution in [3.63, 3.8) is 0 Å². The molecule has 1 fully saturated rings. The van der Waals surface area contributed by atoms with E-state index in [1.165, 1.54) is 6.07 Å². The number of furan rings is 1. The second-order valence-electron chi connectivity index (χ2n) is 8.55. The second-order valence-corrected chi connectivity index (χ2v) is 8.55. The molecule has 0 unspecified atom stereocenters. The van der Waals surface area contributed by atoms with Crippen LogP contribution in [-0.2, 0) is 16.1 Å². The Morgan fingerprint density at radius 1 is 1.03 bits per heavy atom. The van der Waals surface area contributed by atoms with Gasteiger partial charge in [-0.2, -0.15) is 0 Å². The first-order valence-electron chi connectivity index (χ1n) is 10.6. The van der Waals surface area contributed by atoms with Crippen LogP contribution in [0.2, 0.25) is 0 Å². The van der Waals surface area contributed by atoms with Crippen LogP contribution in [0.3, 0.4) is 0 Å². The van der Waals surface area contributed by atoms with Gasteiger partial charge in [0.1, 0.15) is 23.7 Å². The monoisotopic (exact) mass is 443 g/mol. The molecule has 2 aromatic rings. The van der Waals surface area contributed by atoms with Crippen LogP contribution in [0.15, 0.2) is 46.9 Å². The molecule has 3 amide bonds. The highest BCUT2D eigenvalue weighted by molar-refractivity contribution is 5.93. The lowest BCUT2D eigenvalue weighted by Crippen LogP contribution is -2.48. The molecule has 1 aromatic carbocycles. The van der Waals surface area contributed by atoms with Gasteiger partial charge >= 0.3 is 12.0 Å². The topological polar surface area (TPSA) is 110 Å². The number of rotatable bonds is 5. The fourth-order valence-corrected chi connectivity index (χ4v) is 3.18. The largest absolute Gasteiger partial charge is 0.486 e. The van der Waals surface area contributed by atoms with Crippen LogP contribution in [0, 0.1) is 5.92 Å². The number of carbonyl (C=O) groups excluding carboxylic acids is 3. The van der Waals surface area contributed by atoms with E-state index in [1.54, 1.807) is 11.0 Å². The number of piperidine rings is 1. The first-order valence-corrected chi connectivity index (χ1v) is 10.6. The quantitative estimate of drug-likeness (QED) is 0.687. The van der Waals surface area contributed by atoms with E-state index in [0.717, 1.165) is 0 Å². The predicted molar refractivity (Wildman–Crippen MR) is 116 cm³/mol. The molecule has 0 saturated carbocycles. The molecule has 0 atom stereocenters. The summed E-state index contributed by atoms with van der Waals surface area (Å²) in [6, 6.07) is 12.4. The van der Waals surface area contributed by atoms with Gasteiger partial charge in [0, 0.05) is 19.0 Å². The molecule has 9 heteroatoms. The Kier molecular flexibility index (Phi) is 7.40. The Labute approximate surface area is 187 Å². The van der Waals surface area contributed by atoms with Crippen LogP contribution >= 0.6 is 0 Å². The van der Waals surface area contributed by atoms with Gasteiger partial charge in [0.25, 0.3) is 0 Å². The Hall–Kier alpha value is -3.49. The van der Waals surface area contributed by atoms with E-state index in [1.807, 2.05) is 51.1 Å². The number of para-hydroxylation sites is 1. The molecule has 0 spiro atoms. The standard InChI is InChI=1S/C23H29N3O6/c1-23(2,3)32-22(29)26-13-11-16(12-14-26)20(27)24-25-21(28)19-10-9-18(31-19)15-30-17-7-5-4-6-8-17/h4-10,16H,11-15H2,1-3H3,(H,24,27)(H,25,28). The van der Waals surface area contributed by atoms with Crippen LogP contribution < -0.4 is 15.6 Å². The number of hydrogen-bond acceptors (Lipinski definition) is 6. The molecule has 1 aromatic heterocycles. The number of carbonyl (C=O) groups is 3. The van der Waals surface area contributed by atoms with Crippen LogP contribution in [0.1, 0.15) is 49.9 Å². The summed E-state index contributed by atoms with van der Waals surface area (Å²) in [4.78, 5) is 38.4. The van der Waals surface area contributed by atoms with E-state index < -0.39 is 11.5 Å². The Morgan fingerprint density at radius 3 is 2.38 bits per heavy atom. The van der Waals surface area contributed by atoms with E-state index in [9.17, 15) is 14.4 Å². The van der Waals surface area contributed by atoms with E-state index in [2.05, 4.69) is 10.9 Å². The lowest BCUT2D eigenvalue weighted by atomic mass is 9.96. The summed E-state index contributed by atoms with van der Waals surface area (Å²) in [7, 11) is 0. The molecular weight excluding hydrogens is 414 g/mol. The molecule has 0 radical (unpaired) electrons. The summed E-state index contributed by atoms with van der Waals surface area (Å²) >= 11 is 0. The van der Waals surface area contributed by atoms with E-state index in [-0.39, 0.29) is 30.3 Å². The summed E-state index contributed by atoms with van der Waals surface area (Å²) in [6.45, 7) is 6.46. The molecule has 2 heterocycles. The van der Waals surface area contributed by atoms with Gasteiger partial charge in [0.2, 0.25) is 5.91 Å². The van der Waals surface area contributed by atoms with Crippen molar-refractivity contribution in [2.24, 2.45) is 5.92 Å². The number of ether oxygens (including phenoxy) is 2. The first-order chi connectivity index (χ1) is 15.2. The minimum absolute atomic E-state index is 0.0664. The van der Waals surface area contributed by atoms with E-state index in [0.29, 0.717) is 37.4 Å². The highest BCUT2D eigenvalue weighted by atomic mass is 16.6. The summed E-state index contributed by atoms with van der Waals surface area (Å²) in [5.74, 6) is 0.0775.